The molecule has 3 rings (SSSR count). The SMILES string of the molecule is COc1ccc(Cn2c(=O)nc(C(F)(F)F)c3cc(OC)ccc32)cc1. The van der Waals surface area contributed by atoms with Gasteiger partial charge in [0.05, 0.1) is 26.3 Å². The van der Waals surface area contributed by atoms with E-state index in [-0.39, 0.29) is 23.2 Å². The predicted octanol–water partition coefficient (Wildman–Crippen LogP) is 3.48. The minimum atomic E-state index is -4.75. The van der Waals surface area contributed by atoms with Crippen LogP contribution in [-0.4, -0.2) is 23.8 Å². The van der Waals surface area contributed by atoms with Crippen molar-refractivity contribution in [2.45, 2.75) is 12.7 Å². The highest BCUT2D eigenvalue weighted by Crippen LogP contribution is 2.34. The number of ether oxygens (including phenoxy) is 2. The molecule has 3 aromatic rings. The molecule has 136 valence electrons. The number of halogens is 3. The van der Waals surface area contributed by atoms with Crippen LogP contribution in [0.2, 0.25) is 0 Å². The van der Waals surface area contributed by atoms with Gasteiger partial charge in [0.15, 0.2) is 5.69 Å². The van der Waals surface area contributed by atoms with E-state index >= 15 is 0 Å². The number of rotatable bonds is 4. The lowest BCUT2D eigenvalue weighted by Gasteiger charge is -2.15. The van der Waals surface area contributed by atoms with Crippen molar-refractivity contribution in [3.63, 3.8) is 0 Å². The number of hydrogen-bond donors (Lipinski definition) is 0. The van der Waals surface area contributed by atoms with Crippen molar-refractivity contribution in [1.82, 2.24) is 9.55 Å². The fraction of sp³-hybridized carbons (Fsp3) is 0.222. The molecule has 0 unspecified atom stereocenters. The molecule has 8 heteroatoms. The number of aromatic nitrogens is 2. The molecule has 0 aliphatic rings. The molecule has 0 aliphatic heterocycles. The molecule has 0 atom stereocenters. The molecule has 0 aliphatic carbocycles. The van der Waals surface area contributed by atoms with Gasteiger partial charge in [-0.2, -0.15) is 18.2 Å². The fourth-order valence-corrected chi connectivity index (χ4v) is 2.67. The maximum absolute atomic E-state index is 13.3. The highest BCUT2D eigenvalue weighted by molar-refractivity contribution is 5.83. The van der Waals surface area contributed by atoms with Crippen molar-refractivity contribution < 1.29 is 22.6 Å². The molecule has 0 radical (unpaired) electrons. The van der Waals surface area contributed by atoms with Crippen LogP contribution >= 0.6 is 0 Å². The molecule has 0 bridgehead atoms. The first-order valence-corrected chi connectivity index (χ1v) is 7.62. The fourth-order valence-electron chi connectivity index (χ4n) is 2.67. The van der Waals surface area contributed by atoms with Gasteiger partial charge >= 0.3 is 11.9 Å². The zero-order valence-corrected chi connectivity index (χ0v) is 14.0. The van der Waals surface area contributed by atoms with Crippen LogP contribution in [0.5, 0.6) is 11.5 Å². The summed E-state index contributed by atoms with van der Waals surface area (Å²) in [7, 11) is 2.88. The molecule has 0 saturated carbocycles. The second-order valence-corrected chi connectivity index (χ2v) is 5.56. The zero-order valence-electron chi connectivity index (χ0n) is 14.0. The molecule has 0 amide bonds. The number of benzene rings is 2. The van der Waals surface area contributed by atoms with Gasteiger partial charge in [0.25, 0.3) is 0 Å². The monoisotopic (exact) mass is 364 g/mol. The Labute approximate surface area is 146 Å². The third kappa shape index (κ3) is 3.35. The first-order chi connectivity index (χ1) is 12.3. The normalized spacial score (nSPS) is 11.6. The van der Waals surface area contributed by atoms with E-state index in [1.54, 1.807) is 24.3 Å². The van der Waals surface area contributed by atoms with Crippen LogP contribution in [0.15, 0.2) is 47.3 Å². The van der Waals surface area contributed by atoms with E-state index in [0.717, 1.165) is 5.56 Å². The summed E-state index contributed by atoms with van der Waals surface area (Å²) < 4.78 is 51.2. The summed E-state index contributed by atoms with van der Waals surface area (Å²) in [5.74, 6) is 0.890. The van der Waals surface area contributed by atoms with Crippen LogP contribution in [0.4, 0.5) is 13.2 Å². The molecule has 0 saturated heterocycles. The van der Waals surface area contributed by atoms with E-state index in [9.17, 15) is 18.0 Å². The maximum Gasteiger partial charge on any atom is 0.434 e. The van der Waals surface area contributed by atoms with Crippen LogP contribution in [0, 0.1) is 0 Å². The van der Waals surface area contributed by atoms with Gasteiger partial charge in [-0.1, -0.05) is 12.1 Å². The molecule has 0 N–H and O–H groups in total. The van der Waals surface area contributed by atoms with Gasteiger partial charge in [0.1, 0.15) is 11.5 Å². The first-order valence-electron chi connectivity index (χ1n) is 7.62. The van der Waals surface area contributed by atoms with Gasteiger partial charge in [-0.3, -0.25) is 4.57 Å². The number of fused-ring (bicyclic) bond motifs is 1. The van der Waals surface area contributed by atoms with Crippen molar-refractivity contribution in [2.24, 2.45) is 0 Å². The van der Waals surface area contributed by atoms with E-state index in [1.165, 1.54) is 37.0 Å². The Morgan fingerprint density at radius 1 is 1.00 bits per heavy atom. The van der Waals surface area contributed by atoms with Crippen LogP contribution < -0.4 is 15.2 Å². The molecular weight excluding hydrogens is 349 g/mol. The second-order valence-electron chi connectivity index (χ2n) is 5.56. The Balaban J connectivity index is 2.19. The maximum atomic E-state index is 13.3. The van der Waals surface area contributed by atoms with Crippen molar-refractivity contribution in [3.05, 3.63) is 64.2 Å². The van der Waals surface area contributed by atoms with Crippen molar-refractivity contribution >= 4 is 10.9 Å². The zero-order chi connectivity index (χ0) is 18.9. The smallest absolute Gasteiger partial charge is 0.434 e. The van der Waals surface area contributed by atoms with E-state index in [0.29, 0.717) is 5.75 Å². The quantitative estimate of drug-likeness (QED) is 0.711. The highest BCUT2D eigenvalue weighted by atomic mass is 19.4. The van der Waals surface area contributed by atoms with E-state index in [1.807, 2.05) is 0 Å². The summed E-state index contributed by atoms with van der Waals surface area (Å²) in [4.78, 5) is 15.6. The molecule has 1 heterocycles. The molecular formula is C18H15F3N2O3. The first kappa shape index (κ1) is 17.8. The van der Waals surface area contributed by atoms with Crippen LogP contribution in [-0.2, 0) is 12.7 Å². The third-order valence-corrected chi connectivity index (χ3v) is 3.96. The molecule has 2 aromatic carbocycles. The highest BCUT2D eigenvalue weighted by Gasteiger charge is 2.36. The summed E-state index contributed by atoms with van der Waals surface area (Å²) in [6, 6.07) is 11.1. The molecule has 26 heavy (non-hydrogen) atoms. The Hall–Kier alpha value is -3.03. The minimum Gasteiger partial charge on any atom is -0.497 e. The summed E-state index contributed by atoms with van der Waals surface area (Å²) in [5.41, 5.74) is -1.33. The number of methoxy groups -OCH3 is 2. The van der Waals surface area contributed by atoms with Gasteiger partial charge in [-0.25, -0.2) is 4.79 Å². The average molecular weight is 364 g/mol. The summed E-state index contributed by atoms with van der Waals surface area (Å²) in [5, 5.41) is -0.190. The Kier molecular flexibility index (Phi) is 4.58. The standard InChI is InChI=1S/C18H15F3N2O3/c1-25-12-5-3-11(4-6-12)10-23-15-8-7-13(26-2)9-14(15)16(18(19,20)21)22-17(23)24/h3-9H,10H2,1-2H3. The topological polar surface area (TPSA) is 53.4 Å². The summed E-state index contributed by atoms with van der Waals surface area (Å²) in [6.45, 7) is 0.0802. The van der Waals surface area contributed by atoms with Crippen LogP contribution in [0.25, 0.3) is 10.9 Å². The van der Waals surface area contributed by atoms with E-state index in [4.69, 9.17) is 9.47 Å². The van der Waals surface area contributed by atoms with Gasteiger partial charge in [0.2, 0.25) is 0 Å². The largest absolute Gasteiger partial charge is 0.497 e. The lowest BCUT2D eigenvalue weighted by Crippen LogP contribution is -2.28. The lowest BCUT2D eigenvalue weighted by atomic mass is 10.1. The van der Waals surface area contributed by atoms with E-state index in [2.05, 4.69) is 4.98 Å². The summed E-state index contributed by atoms with van der Waals surface area (Å²) >= 11 is 0. The predicted molar refractivity (Wildman–Crippen MR) is 89.7 cm³/mol. The molecule has 5 nitrogen and oxygen atoms in total. The molecule has 0 fully saturated rings. The number of nitrogens with zero attached hydrogens (tertiary/aromatic N) is 2. The van der Waals surface area contributed by atoms with Gasteiger partial charge in [0, 0.05) is 5.39 Å². The second kappa shape index (κ2) is 6.70. The lowest BCUT2D eigenvalue weighted by molar-refractivity contribution is -0.140. The van der Waals surface area contributed by atoms with Gasteiger partial charge < -0.3 is 9.47 Å². The average Bonchev–Trinajstić information content (AvgIpc) is 2.63. The third-order valence-electron chi connectivity index (χ3n) is 3.96. The van der Waals surface area contributed by atoms with Gasteiger partial charge in [-0.15, -0.1) is 0 Å². The van der Waals surface area contributed by atoms with Gasteiger partial charge in [-0.05, 0) is 35.9 Å². The van der Waals surface area contributed by atoms with E-state index < -0.39 is 17.6 Å². The summed E-state index contributed by atoms with van der Waals surface area (Å²) in [6.07, 6.45) is -4.75. The van der Waals surface area contributed by atoms with Crippen LogP contribution in [0.3, 0.4) is 0 Å². The van der Waals surface area contributed by atoms with Crippen molar-refractivity contribution in [3.8, 4) is 11.5 Å². The molecule has 1 aromatic heterocycles. The molecule has 0 spiro atoms. The Bertz CT molecular complexity index is 995. The Morgan fingerprint density at radius 3 is 2.19 bits per heavy atom. The van der Waals surface area contributed by atoms with Crippen molar-refractivity contribution in [1.29, 1.82) is 0 Å². The number of hydrogen-bond acceptors (Lipinski definition) is 4. The minimum absolute atomic E-state index is 0.0802. The number of alkyl halides is 3. The van der Waals surface area contributed by atoms with Crippen molar-refractivity contribution in [2.75, 3.05) is 14.2 Å². The van der Waals surface area contributed by atoms with Crippen LogP contribution in [0.1, 0.15) is 11.3 Å². The Morgan fingerprint density at radius 2 is 1.62 bits per heavy atom.